The van der Waals surface area contributed by atoms with Gasteiger partial charge in [-0.2, -0.15) is 0 Å². The average Bonchev–Trinajstić information content (AvgIpc) is 3.29. The molecule has 32 heavy (non-hydrogen) atoms. The normalized spacial score (nSPS) is 57.4. The first-order chi connectivity index (χ1) is 15.5. The molecule has 0 radical (unpaired) electrons. The number of hydrogen-bond acceptors (Lipinski definition) is 2. The zero-order valence-corrected chi connectivity index (χ0v) is 21.6. The molecule has 2 saturated heterocycles. The van der Waals surface area contributed by atoms with Crippen LogP contribution in [0.25, 0.3) is 0 Å². The van der Waals surface area contributed by atoms with E-state index < -0.39 is 0 Å². The fourth-order valence-corrected chi connectivity index (χ4v) is 11.3. The molecule has 2 nitrogen and oxygen atoms in total. The van der Waals surface area contributed by atoms with E-state index in [9.17, 15) is 0 Å². The van der Waals surface area contributed by atoms with Gasteiger partial charge < -0.3 is 10.6 Å². The minimum absolute atomic E-state index is 0.844. The highest BCUT2D eigenvalue weighted by molar-refractivity contribution is 5.04. The second-order valence-corrected chi connectivity index (χ2v) is 13.9. The van der Waals surface area contributed by atoms with Gasteiger partial charge in [0, 0.05) is 12.1 Å². The van der Waals surface area contributed by atoms with Crippen LogP contribution in [0.1, 0.15) is 91.9 Å². The van der Waals surface area contributed by atoms with Gasteiger partial charge >= 0.3 is 0 Å². The predicted molar refractivity (Wildman–Crippen MR) is 134 cm³/mol. The lowest BCUT2D eigenvalue weighted by Crippen LogP contribution is -2.51. The highest BCUT2D eigenvalue weighted by Gasteiger charge is 2.53. The standard InChI is InChI=1S/C30H52N2/c1-17-13-25-19(3)23-7-5-11-31-29(23)15-27(25)21(17)9-10-22-18(2)14-26-20(4)24-8-6-12-32-30(24)16-28(22)26/h17-32H,5-16H2,1-4H3. The van der Waals surface area contributed by atoms with Gasteiger partial charge in [0.05, 0.1) is 0 Å². The summed E-state index contributed by atoms with van der Waals surface area (Å²) in [5.41, 5.74) is 0. The summed E-state index contributed by atoms with van der Waals surface area (Å²) < 4.78 is 0. The lowest BCUT2D eigenvalue weighted by atomic mass is 9.61. The van der Waals surface area contributed by atoms with Crippen molar-refractivity contribution in [3.8, 4) is 0 Å². The summed E-state index contributed by atoms with van der Waals surface area (Å²) >= 11 is 0. The third kappa shape index (κ3) is 3.64. The SMILES string of the molecule is CC1CC2C(C)C3CCCNC3CC2C1CCC1C(C)CC2C(C)C3CCCNC3CC12. The van der Waals surface area contributed by atoms with E-state index in [4.69, 9.17) is 0 Å². The number of fused-ring (bicyclic) bond motifs is 4. The number of piperidine rings is 2. The van der Waals surface area contributed by atoms with Gasteiger partial charge in [0.2, 0.25) is 0 Å². The van der Waals surface area contributed by atoms with E-state index in [2.05, 4.69) is 38.3 Å². The van der Waals surface area contributed by atoms with Crippen LogP contribution in [0.3, 0.4) is 0 Å². The molecule has 0 aromatic heterocycles. The molecule has 14 atom stereocenters. The van der Waals surface area contributed by atoms with Crippen molar-refractivity contribution < 1.29 is 0 Å². The van der Waals surface area contributed by atoms with Crippen molar-refractivity contribution >= 4 is 0 Å². The molecule has 4 aliphatic carbocycles. The first-order valence-electron chi connectivity index (χ1n) is 15.0. The van der Waals surface area contributed by atoms with Gasteiger partial charge in [-0.05, 0) is 148 Å². The molecule has 6 aliphatic rings. The van der Waals surface area contributed by atoms with Gasteiger partial charge in [0.25, 0.3) is 0 Å². The maximum atomic E-state index is 3.97. The Morgan fingerprint density at radius 2 is 0.969 bits per heavy atom. The van der Waals surface area contributed by atoms with Gasteiger partial charge in [0.1, 0.15) is 0 Å². The largest absolute Gasteiger partial charge is 0.314 e. The summed E-state index contributed by atoms with van der Waals surface area (Å²) in [6, 6.07) is 1.69. The van der Waals surface area contributed by atoms with E-state index in [1.807, 2.05) is 0 Å². The molecule has 0 aromatic carbocycles. The molecule has 6 fully saturated rings. The number of nitrogens with one attached hydrogen (secondary N) is 2. The van der Waals surface area contributed by atoms with Gasteiger partial charge in [-0.3, -0.25) is 0 Å². The molecule has 2 N–H and O–H groups in total. The van der Waals surface area contributed by atoms with Crippen LogP contribution >= 0.6 is 0 Å². The Hall–Kier alpha value is -0.0800. The number of hydrogen-bond donors (Lipinski definition) is 2. The van der Waals surface area contributed by atoms with Gasteiger partial charge in [-0.15, -0.1) is 0 Å². The van der Waals surface area contributed by atoms with Crippen molar-refractivity contribution in [3.63, 3.8) is 0 Å². The summed E-state index contributed by atoms with van der Waals surface area (Å²) in [6.45, 7) is 13.1. The molecule has 0 aromatic rings. The van der Waals surface area contributed by atoms with Gasteiger partial charge in [-0.25, -0.2) is 0 Å². The Morgan fingerprint density at radius 3 is 1.41 bits per heavy atom. The molecule has 6 rings (SSSR count). The molecule has 0 amide bonds. The van der Waals surface area contributed by atoms with E-state index in [-0.39, 0.29) is 0 Å². The summed E-state index contributed by atoms with van der Waals surface area (Å²) in [4.78, 5) is 0. The zero-order chi connectivity index (χ0) is 22.0. The average molecular weight is 441 g/mol. The van der Waals surface area contributed by atoms with Crippen molar-refractivity contribution in [1.29, 1.82) is 0 Å². The van der Waals surface area contributed by atoms with Crippen molar-refractivity contribution in [1.82, 2.24) is 10.6 Å². The summed E-state index contributed by atoms with van der Waals surface area (Å²) in [7, 11) is 0. The lowest BCUT2D eigenvalue weighted by Gasteiger charge is -2.48. The maximum Gasteiger partial charge on any atom is 0.0101 e. The van der Waals surface area contributed by atoms with Crippen LogP contribution in [-0.4, -0.2) is 25.2 Å². The Labute approximate surface area is 198 Å². The quantitative estimate of drug-likeness (QED) is 0.533. The van der Waals surface area contributed by atoms with E-state index in [1.54, 1.807) is 12.8 Å². The van der Waals surface area contributed by atoms with Crippen LogP contribution in [-0.2, 0) is 0 Å². The molecule has 0 bridgehead atoms. The second-order valence-electron chi connectivity index (χ2n) is 13.9. The second kappa shape index (κ2) is 8.85. The molecule has 2 aliphatic heterocycles. The summed E-state index contributed by atoms with van der Waals surface area (Å²) in [6.07, 6.45) is 15.0. The Kier molecular flexibility index (Phi) is 6.19. The van der Waals surface area contributed by atoms with E-state index in [0.29, 0.717) is 0 Å². The van der Waals surface area contributed by atoms with Crippen molar-refractivity contribution in [2.45, 2.75) is 104 Å². The molecule has 14 unspecified atom stereocenters. The minimum Gasteiger partial charge on any atom is -0.314 e. The third-order valence-corrected chi connectivity index (χ3v) is 12.8. The topological polar surface area (TPSA) is 24.1 Å². The highest BCUT2D eigenvalue weighted by Crippen LogP contribution is 2.58. The maximum absolute atomic E-state index is 3.97. The fourth-order valence-electron chi connectivity index (χ4n) is 11.3. The van der Waals surface area contributed by atoms with Crippen LogP contribution < -0.4 is 10.6 Å². The molecular formula is C30H52N2. The van der Waals surface area contributed by atoms with Gasteiger partial charge in [0.15, 0.2) is 0 Å². The molecule has 4 saturated carbocycles. The molecule has 2 heterocycles. The fraction of sp³-hybridized carbons (Fsp3) is 1.00. The Morgan fingerprint density at radius 1 is 0.531 bits per heavy atom. The van der Waals surface area contributed by atoms with Crippen LogP contribution in [0, 0.1) is 71.0 Å². The smallest absolute Gasteiger partial charge is 0.0101 e. The highest BCUT2D eigenvalue weighted by atomic mass is 14.9. The monoisotopic (exact) mass is 440 g/mol. The first kappa shape index (κ1) is 22.4. The predicted octanol–water partition coefficient (Wildman–Crippen LogP) is 6.36. The van der Waals surface area contributed by atoms with E-state index in [1.165, 1.54) is 64.5 Å². The van der Waals surface area contributed by atoms with E-state index in [0.717, 1.165) is 83.1 Å². The Balaban J connectivity index is 1.13. The van der Waals surface area contributed by atoms with Crippen molar-refractivity contribution in [3.05, 3.63) is 0 Å². The summed E-state index contributed by atoms with van der Waals surface area (Å²) in [5, 5.41) is 7.93. The zero-order valence-electron chi connectivity index (χ0n) is 21.6. The molecule has 2 heteroatoms. The molecule has 0 spiro atoms. The molecule has 182 valence electrons. The van der Waals surface area contributed by atoms with Gasteiger partial charge in [-0.1, -0.05) is 27.7 Å². The first-order valence-corrected chi connectivity index (χ1v) is 15.0. The van der Waals surface area contributed by atoms with Crippen LogP contribution in [0.2, 0.25) is 0 Å². The lowest BCUT2D eigenvalue weighted by molar-refractivity contribution is 0.0369. The third-order valence-electron chi connectivity index (χ3n) is 12.8. The van der Waals surface area contributed by atoms with Crippen LogP contribution in [0.5, 0.6) is 0 Å². The van der Waals surface area contributed by atoms with Crippen LogP contribution in [0.15, 0.2) is 0 Å². The Bertz CT molecular complexity index is 605. The minimum atomic E-state index is 0.844. The molecular weight excluding hydrogens is 388 g/mol. The van der Waals surface area contributed by atoms with E-state index >= 15 is 0 Å². The van der Waals surface area contributed by atoms with Crippen molar-refractivity contribution in [2.24, 2.45) is 71.0 Å². The van der Waals surface area contributed by atoms with Crippen LogP contribution in [0.4, 0.5) is 0 Å². The summed E-state index contributed by atoms with van der Waals surface area (Å²) in [5.74, 6) is 12.0. The van der Waals surface area contributed by atoms with Crippen molar-refractivity contribution in [2.75, 3.05) is 13.1 Å². The number of rotatable bonds is 3.